The van der Waals surface area contributed by atoms with Crippen molar-refractivity contribution in [1.29, 1.82) is 0 Å². The van der Waals surface area contributed by atoms with Gasteiger partial charge in [0.25, 0.3) is 0 Å². The topological polar surface area (TPSA) is 44.8 Å². The van der Waals surface area contributed by atoms with Gasteiger partial charge in [0.15, 0.2) is 0 Å². The summed E-state index contributed by atoms with van der Waals surface area (Å²) in [6.45, 7) is 0.613. The van der Waals surface area contributed by atoms with Gasteiger partial charge in [-0.05, 0) is 6.92 Å². The average molecular weight is 452 g/mol. The van der Waals surface area contributed by atoms with Crippen molar-refractivity contribution < 1.29 is 62.9 Å². The largest absolute Gasteiger partial charge is 0.460 e. The van der Waals surface area contributed by atoms with E-state index in [1.807, 2.05) is 0 Å². The van der Waals surface area contributed by atoms with Gasteiger partial charge in [-0.2, -0.15) is 17.6 Å². The summed E-state index contributed by atoms with van der Waals surface area (Å²) in [5.74, 6) is -32.0. The minimum atomic E-state index is -3.05. The Kier molecular flexibility index (Phi) is 6.67. The summed E-state index contributed by atoms with van der Waals surface area (Å²) in [5.41, 5.74) is 0. The molecule has 0 heterocycles. The van der Waals surface area contributed by atoms with Crippen LogP contribution in [0.5, 0.6) is 11.5 Å². The molecule has 164 valence electrons. The van der Waals surface area contributed by atoms with Crippen LogP contribution < -0.4 is 9.47 Å². The van der Waals surface area contributed by atoms with Crippen LogP contribution in [0.2, 0.25) is 0 Å². The summed E-state index contributed by atoms with van der Waals surface area (Å²) in [6.07, 6.45) is -3.05. The van der Waals surface area contributed by atoms with Crippen LogP contribution in [0.1, 0.15) is 6.92 Å². The highest BCUT2D eigenvalue weighted by Gasteiger charge is 2.36. The van der Waals surface area contributed by atoms with Gasteiger partial charge in [0.1, 0.15) is 0 Å². The van der Waals surface area contributed by atoms with Crippen LogP contribution >= 0.6 is 0 Å². The van der Waals surface area contributed by atoms with Gasteiger partial charge < -0.3 is 14.2 Å². The van der Waals surface area contributed by atoms with Crippen molar-refractivity contribution in [3.8, 4) is 11.5 Å². The van der Waals surface area contributed by atoms with Crippen LogP contribution in [-0.2, 0) is 9.53 Å². The van der Waals surface area contributed by atoms with Gasteiger partial charge in [-0.3, -0.25) is 0 Å². The minimum Gasteiger partial charge on any atom is -0.460 e. The van der Waals surface area contributed by atoms with Gasteiger partial charge in [-0.15, -0.1) is 0 Å². The van der Waals surface area contributed by atoms with E-state index in [1.54, 1.807) is 0 Å². The first-order valence-corrected chi connectivity index (χ1v) is 7.46. The Morgan fingerprint density at radius 1 is 0.600 bits per heavy atom. The predicted molar refractivity (Wildman–Crippen MR) is 74.1 cm³/mol. The zero-order valence-corrected chi connectivity index (χ0v) is 14.2. The fourth-order valence-corrected chi connectivity index (χ4v) is 1.92. The Hall–Kier alpha value is -3.19. The average Bonchev–Trinajstić information content (AvgIpc) is 2.72. The molecule has 0 amide bonds. The molecule has 14 heteroatoms. The summed E-state index contributed by atoms with van der Waals surface area (Å²) in [7, 11) is 0. The Labute approximate surface area is 159 Å². The highest BCUT2D eigenvalue weighted by molar-refractivity contribution is 5.74. The van der Waals surface area contributed by atoms with Crippen LogP contribution in [0.3, 0.4) is 0 Å². The SMILES string of the molecule is CCOC(=O)C(Oc1c(F)c(F)c(F)c(F)c1F)Oc1c(F)c(F)c(F)c(F)c1F. The molecule has 0 saturated heterocycles. The molecular weight excluding hydrogens is 446 g/mol. The maximum absolute atomic E-state index is 13.7. The van der Waals surface area contributed by atoms with Gasteiger partial charge in [-0.1, -0.05) is 0 Å². The standard InChI is InChI=1S/C16H6F10O4/c1-2-28-15(27)16(29-13-9(23)5(19)3(17)6(20)10(13)24)30-14-11(25)7(21)4(18)8(22)12(14)26/h16H,2H2,1H3. The molecule has 0 atom stereocenters. The Morgan fingerprint density at radius 3 is 1.13 bits per heavy atom. The molecule has 0 aliphatic rings. The Bertz CT molecular complexity index is 881. The molecule has 4 nitrogen and oxygen atoms in total. The molecule has 2 aromatic carbocycles. The van der Waals surface area contributed by atoms with Crippen molar-refractivity contribution in [1.82, 2.24) is 0 Å². The number of hydrogen-bond donors (Lipinski definition) is 0. The van der Waals surface area contributed by atoms with Gasteiger partial charge in [0.2, 0.25) is 69.7 Å². The van der Waals surface area contributed by atoms with E-state index in [0.717, 1.165) is 6.92 Å². The van der Waals surface area contributed by atoms with E-state index in [9.17, 15) is 48.7 Å². The van der Waals surface area contributed by atoms with Crippen molar-refractivity contribution in [2.24, 2.45) is 0 Å². The van der Waals surface area contributed by atoms with E-state index in [2.05, 4.69) is 14.2 Å². The first kappa shape index (κ1) is 23.1. The molecule has 2 rings (SSSR count). The van der Waals surface area contributed by atoms with Crippen LogP contribution in [0.4, 0.5) is 43.9 Å². The zero-order valence-electron chi connectivity index (χ0n) is 14.2. The Balaban J connectivity index is 2.58. The molecule has 0 spiro atoms. The highest BCUT2D eigenvalue weighted by Crippen LogP contribution is 2.33. The summed E-state index contributed by atoms with van der Waals surface area (Å²) in [4.78, 5) is 11.8. The summed E-state index contributed by atoms with van der Waals surface area (Å²) in [6, 6.07) is 0. The van der Waals surface area contributed by atoms with E-state index < -0.39 is 88.5 Å². The molecule has 0 saturated carbocycles. The van der Waals surface area contributed by atoms with Crippen LogP contribution in [0, 0.1) is 58.2 Å². The summed E-state index contributed by atoms with van der Waals surface area (Å²) < 4.78 is 147. The molecule has 0 aliphatic carbocycles. The maximum atomic E-state index is 13.7. The van der Waals surface area contributed by atoms with E-state index >= 15 is 0 Å². The Morgan fingerprint density at radius 2 is 0.867 bits per heavy atom. The van der Waals surface area contributed by atoms with Crippen LogP contribution in [0.25, 0.3) is 0 Å². The van der Waals surface area contributed by atoms with Crippen LogP contribution in [-0.4, -0.2) is 18.9 Å². The quantitative estimate of drug-likeness (QED) is 0.214. The van der Waals surface area contributed by atoms with Crippen LogP contribution in [0.15, 0.2) is 0 Å². The van der Waals surface area contributed by atoms with E-state index in [4.69, 9.17) is 0 Å². The van der Waals surface area contributed by atoms with Gasteiger partial charge in [0, 0.05) is 0 Å². The highest BCUT2D eigenvalue weighted by atomic mass is 19.2. The lowest BCUT2D eigenvalue weighted by atomic mass is 10.2. The third kappa shape index (κ3) is 3.93. The lowest BCUT2D eigenvalue weighted by Gasteiger charge is -2.20. The molecule has 0 aromatic heterocycles. The minimum absolute atomic E-state index is 0.531. The molecule has 0 fully saturated rings. The fourth-order valence-electron chi connectivity index (χ4n) is 1.92. The second-order valence-corrected chi connectivity index (χ2v) is 5.12. The predicted octanol–water partition coefficient (Wildman–Crippen LogP) is 4.42. The van der Waals surface area contributed by atoms with Crippen molar-refractivity contribution in [2.75, 3.05) is 6.61 Å². The summed E-state index contributed by atoms with van der Waals surface area (Å²) in [5, 5.41) is 0. The first-order valence-electron chi connectivity index (χ1n) is 7.46. The van der Waals surface area contributed by atoms with Gasteiger partial charge >= 0.3 is 12.3 Å². The van der Waals surface area contributed by atoms with E-state index in [1.165, 1.54) is 0 Å². The van der Waals surface area contributed by atoms with Gasteiger partial charge in [-0.25, -0.2) is 31.1 Å². The second-order valence-electron chi connectivity index (χ2n) is 5.12. The number of hydrogen-bond acceptors (Lipinski definition) is 4. The number of carbonyl (C=O) groups excluding carboxylic acids is 1. The normalized spacial score (nSPS) is 11.1. The lowest BCUT2D eigenvalue weighted by Crippen LogP contribution is -2.36. The maximum Gasteiger partial charge on any atom is 0.389 e. The zero-order chi connectivity index (χ0) is 22.9. The van der Waals surface area contributed by atoms with Gasteiger partial charge in [0.05, 0.1) is 6.61 Å². The monoisotopic (exact) mass is 452 g/mol. The molecule has 0 radical (unpaired) electrons. The molecular formula is C16H6F10O4. The van der Waals surface area contributed by atoms with Crippen molar-refractivity contribution in [2.45, 2.75) is 13.2 Å². The second kappa shape index (κ2) is 8.67. The summed E-state index contributed by atoms with van der Waals surface area (Å²) >= 11 is 0. The third-order valence-electron chi connectivity index (χ3n) is 3.27. The fraction of sp³-hybridized carbons (Fsp3) is 0.188. The number of rotatable bonds is 6. The van der Waals surface area contributed by atoms with Crippen molar-refractivity contribution >= 4 is 5.97 Å². The molecule has 0 bridgehead atoms. The molecule has 2 aromatic rings. The third-order valence-corrected chi connectivity index (χ3v) is 3.27. The van der Waals surface area contributed by atoms with Crippen molar-refractivity contribution in [3.05, 3.63) is 58.2 Å². The number of esters is 1. The lowest BCUT2D eigenvalue weighted by molar-refractivity contribution is -0.166. The number of benzene rings is 2. The van der Waals surface area contributed by atoms with Crippen molar-refractivity contribution in [3.63, 3.8) is 0 Å². The molecule has 0 aliphatic heterocycles. The number of halogens is 10. The molecule has 30 heavy (non-hydrogen) atoms. The first-order chi connectivity index (χ1) is 13.9. The molecule has 0 unspecified atom stereocenters. The number of carbonyl (C=O) groups is 1. The number of ether oxygens (including phenoxy) is 3. The van der Waals surface area contributed by atoms with E-state index in [0.29, 0.717) is 0 Å². The smallest absolute Gasteiger partial charge is 0.389 e. The van der Waals surface area contributed by atoms with E-state index in [-0.39, 0.29) is 0 Å². The molecule has 0 N–H and O–H groups in total.